The second kappa shape index (κ2) is 7.83. The molecule has 0 spiro atoms. The topological polar surface area (TPSA) is 23.5 Å². The van der Waals surface area contributed by atoms with Crippen LogP contribution < -0.4 is 0 Å². The Balaban J connectivity index is 1.88. The summed E-state index contributed by atoms with van der Waals surface area (Å²) in [5.41, 5.74) is 1.04. The maximum atomic E-state index is 8.72. The zero-order chi connectivity index (χ0) is 14.4. The molecule has 1 N–H and O–H groups in total. The van der Waals surface area contributed by atoms with E-state index in [4.69, 9.17) is 5.11 Å². The van der Waals surface area contributed by atoms with Gasteiger partial charge in [-0.05, 0) is 50.3 Å². The molecule has 2 heterocycles. The first kappa shape index (κ1) is 15.6. The zero-order valence-electron chi connectivity index (χ0n) is 12.6. The van der Waals surface area contributed by atoms with Crippen molar-refractivity contribution in [3.63, 3.8) is 0 Å². The highest BCUT2D eigenvalue weighted by Gasteiger charge is 2.19. The Labute approximate surface area is 126 Å². The summed E-state index contributed by atoms with van der Waals surface area (Å²) in [5, 5.41) is 10.8. The predicted molar refractivity (Wildman–Crippen MR) is 85.7 cm³/mol. The van der Waals surface area contributed by atoms with Crippen molar-refractivity contribution in [2.24, 2.45) is 11.8 Å². The number of hydrogen-bond donors (Lipinski definition) is 1. The van der Waals surface area contributed by atoms with Crippen molar-refractivity contribution in [1.82, 2.24) is 4.90 Å². The molecule has 0 radical (unpaired) electrons. The van der Waals surface area contributed by atoms with Crippen LogP contribution >= 0.6 is 11.3 Å². The van der Waals surface area contributed by atoms with Crippen molar-refractivity contribution >= 4 is 11.3 Å². The van der Waals surface area contributed by atoms with Gasteiger partial charge in [-0.2, -0.15) is 0 Å². The van der Waals surface area contributed by atoms with E-state index >= 15 is 0 Å². The first-order chi connectivity index (χ1) is 9.69. The van der Waals surface area contributed by atoms with Gasteiger partial charge in [0.2, 0.25) is 0 Å². The molecule has 20 heavy (non-hydrogen) atoms. The number of aliphatic hydroxyl groups excluding tert-OH is 1. The zero-order valence-corrected chi connectivity index (χ0v) is 13.4. The van der Waals surface area contributed by atoms with Gasteiger partial charge in [0.1, 0.15) is 6.61 Å². The predicted octanol–water partition coefficient (Wildman–Crippen LogP) is 3.35. The maximum absolute atomic E-state index is 8.72. The molecule has 0 aromatic carbocycles. The fraction of sp³-hybridized carbons (Fsp3) is 0.647. The number of nitrogens with zero attached hydrogens (tertiary/aromatic N) is 1. The van der Waals surface area contributed by atoms with Crippen LogP contribution in [0.15, 0.2) is 11.4 Å². The molecule has 1 aliphatic heterocycles. The average molecular weight is 291 g/mol. The van der Waals surface area contributed by atoms with E-state index in [2.05, 4.69) is 42.0 Å². The third-order valence-electron chi connectivity index (χ3n) is 4.15. The van der Waals surface area contributed by atoms with E-state index in [0.717, 1.165) is 23.9 Å². The molecule has 2 rings (SSSR count). The molecule has 1 saturated heterocycles. The van der Waals surface area contributed by atoms with Gasteiger partial charge in [-0.3, -0.25) is 4.90 Å². The van der Waals surface area contributed by atoms with Crippen LogP contribution in [0.4, 0.5) is 0 Å². The fourth-order valence-corrected chi connectivity index (χ4v) is 3.75. The maximum Gasteiger partial charge on any atom is 0.104 e. The van der Waals surface area contributed by atoms with Gasteiger partial charge in [0.05, 0.1) is 0 Å². The Morgan fingerprint density at radius 3 is 3.00 bits per heavy atom. The Morgan fingerprint density at radius 2 is 2.25 bits per heavy atom. The van der Waals surface area contributed by atoms with E-state index < -0.39 is 0 Å². The summed E-state index contributed by atoms with van der Waals surface area (Å²) < 4.78 is 0. The number of rotatable bonds is 3. The minimum atomic E-state index is -0.0616. The highest BCUT2D eigenvalue weighted by molar-refractivity contribution is 7.10. The molecule has 0 bridgehead atoms. The molecule has 1 aromatic rings. The summed E-state index contributed by atoms with van der Waals surface area (Å²) in [6.07, 6.45) is 4.04. The van der Waals surface area contributed by atoms with E-state index in [1.807, 2.05) is 0 Å². The number of aliphatic hydroxyl groups is 1. The van der Waals surface area contributed by atoms with Crippen LogP contribution in [0.1, 0.15) is 43.6 Å². The molecular formula is C17H25NOS. The van der Waals surface area contributed by atoms with Gasteiger partial charge in [0.15, 0.2) is 0 Å². The highest BCUT2D eigenvalue weighted by atomic mass is 32.1. The molecule has 110 valence electrons. The number of likely N-dealkylation sites (tertiary alicyclic amines) is 1. The third kappa shape index (κ3) is 4.63. The average Bonchev–Trinajstić information content (AvgIpc) is 2.72. The fourth-order valence-electron chi connectivity index (χ4n) is 2.90. The molecule has 1 aromatic heterocycles. The van der Waals surface area contributed by atoms with E-state index in [-0.39, 0.29) is 6.61 Å². The minimum Gasteiger partial charge on any atom is -0.384 e. The van der Waals surface area contributed by atoms with Crippen LogP contribution in [-0.2, 0) is 6.54 Å². The Morgan fingerprint density at radius 1 is 1.40 bits per heavy atom. The van der Waals surface area contributed by atoms with E-state index in [9.17, 15) is 0 Å². The van der Waals surface area contributed by atoms with Gasteiger partial charge in [-0.25, -0.2) is 0 Å². The molecular weight excluding hydrogens is 266 g/mol. The van der Waals surface area contributed by atoms with Crippen molar-refractivity contribution < 1.29 is 5.11 Å². The summed E-state index contributed by atoms with van der Waals surface area (Å²) in [5.74, 6) is 7.40. The summed E-state index contributed by atoms with van der Waals surface area (Å²) in [6.45, 7) is 8.14. The van der Waals surface area contributed by atoms with Crippen LogP contribution in [0.5, 0.6) is 0 Å². The summed E-state index contributed by atoms with van der Waals surface area (Å²) >= 11 is 1.78. The first-order valence-electron chi connectivity index (χ1n) is 7.58. The van der Waals surface area contributed by atoms with Crippen molar-refractivity contribution in [3.8, 4) is 11.8 Å². The smallest absolute Gasteiger partial charge is 0.104 e. The van der Waals surface area contributed by atoms with Crippen molar-refractivity contribution in [2.75, 3.05) is 19.7 Å². The van der Waals surface area contributed by atoms with Crippen LogP contribution in [0, 0.1) is 23.7 Å². The van der Waals surface area contributed by atoms with Gasteiger partial charge in [-0.1, -0.05) is 25.7 Å². The second-order valence-corrected chi connectivity index (χ2v) is 6.97. The van der Waals surface area contributed by atoms with Crippen LogP contribution in [0.2, 0.25) is 0 Å². The lowest BCUT2D eigenvalue weighted by Crippen LogP contribution is -2.24. The highest BCUT2D eigenvalue weighted by Crippen LogP contribution is 2.26. The monoisotopic (exact) mass is 291 g/mol. The molecule has 0 amide bonds. The van der Waals surface area contributed by atoms with Gasteiger partial charge in [0, 0.05) is 22.4 Å². The van der Waals surface area contributed by atoms with Gasteiger partial charge >= 0.3 is 0 Å². The van der Waals surface area contributed by atoms with E-state index in [1.165, 1.54) is 37.2 Å². The van der Waals surface area contributed by atoms with Crippen LogP contribution in [-0.4, -0.2) is 29.7 Å². The van der Waals surface area contributed by atoms with Crippen LogP contribution in [0.25, 0.3) is 0 Å². The molecule has 1 unspecified atom stereocenters. The summed E-state index contributed by atoms with van der Waals surface area (Å²) in [6, 6.07) is 2.16. The van der Waals surface area contributed by atoms with E-state index in [1.54, 1.807) is 11.3 Å². The third-order valence-corrected chi connectivity index (χ3v) is 5.07. The van der Waals surface area contributed by atoms with E-state index in [0.29, 0.717) is 0 Å². The largest absolute Gasteiger partial charge is 0.384 e. The van der Waals surface area contributed by atoms with Crippen molar-refractivity contribution in [3.05, 3.63) is 21.9 Å². The standard InChI is InChI=1S/C17H25NOS/c1-14(2)16-6-3-8-18(9-7-16)12-17-11-15(13-20-17)5-4-10-19/h11,13-14,16,19H,3,6-10,12H2,1-2H3. The molecule has 1 atom stereocenters. The van der Waals surface area contributed by atoms with Crippen LogP contribution in [0.3, 0.4) is 0 Å². The Hall–Kier alpha value is -0.820. The number of hydrogen-bond acceptors (Lipinski definition) is 3. The van der Waals surface area contributed by atoms with Crippen molar-refractivity contribution in [1.29, 1.82) is 0 Å². The molecule has 1 aliphatic rings. The molecule has 1 fully saturated rings. The lowest BCUT2D eigenvalue weighted by Gasteiger charge is -2.20. The SMILES string of the molecule is CC(C)C1CCCN(Cc2cc(C#CCO)cs2)CC1. The molecule has 0 saturated carbocycles. The second-order valence-electron chi connectivity index (χ2n) is 5.97. The normalized spacial score (nSPS) is 20.5. The summed E-state index contributed by atoms with van der Waals surface area (Å²) in [4.78, 5) is 3.97. The quantitative estimate of drug-likeness (QED) is 0.863. The Kier molecular flexibility index (Phi) is 6.09. The molecule has 3 heteroatoms. The molecule has 0 aliphatic carbocycles. The lowest BCUT2D eigenvalue weighted by atomic mass is 9.89. The minimum absolute atomic E-state index is 0.0616. The summed E-state index contributed by atoms with van der Waals surface area (Å²) in [7, 11) is 0. The molecule has 2 nitrogen and oxygen atoms in total. The van der Waals surface area contributed by atoms with Gasteiger partial charge < -0.3 is 5.11 Å². The van der Waals surface area contributed by atoms with Gasteiger partial charge in [-0.15, -0.1) is 11.3 Å². The first-order valence-corrected chi connectivity index (χ1v) is 8.46. The van der Waals surface area contributed by atoms with Gasteiger partial charge in [0.25, 0.3) is 0 Å². The lowest BCUT2D eigenvalue weighted by molar-refractivity contribution is 0.267. The van der Waals surface area contributed by atoms with Crippen molar-refractivity contribution in [2.45, 2.75) is 39.7 Å². The Bertz CT molecular complexity index is 469. The number of thiophene rings is 1.